The normalized spacial score (nSPS) is 10.3. The maximum absolute atomic E-state index is 11.6. The van der Waals surface area contributed by atoms with Crippen molar-refractivity contribution in [3.05, 3.63) is 22.9 Å². The Balaban J connectivity index is 2.62. The minimum Gasteiger partial charge on any atom is -0.299 e. The summed E-state index contributed by atoms with van der Waals surface area (Å²) in [6.45, 7) is 3.07. The van der Waals surface area contributed by atoms with E-state index in [1.807, 2.05) is 12.3 Å². The molecule has 15 heavy (non-hydrogen) atoms. The number of carbonyl (C=O) groups excluding carboxylic acids is 1. The summed E-state index contributed by atoms with van der Waals surface area (Å²) in [6.07, 6.45) is 4.54. The second-order valence-electron chi connectivity index (χ2n) is 3.29. The molecule has 0 aliphatic carbocycles. The van der Waals surface area contributed by atoms with Gasteiger partial charge in [-0.25, -0.2) is 10.6 Å². The number of hydrazine groups is 1. The zero-order valence-electron chi connectivity index (χ0n) is 8.77. The predicted molar refractivity (Wildman–Crippen MR) is 55.9 cm³/mol. The summed E-state index contributed by atoms with van der Waals surface area (Å²) in [5.41, 5.74) is 1.94. The average molecular weight is 212 g/mol. The van der Waals surface area contributed by atoms with E-state index in [-0.39, 0.29) is 18.0 Å². The summed E-state index contributed by atoms with van der Waals surface area (Å²) in [5.74, 6) is 4.66. The topological polar surface area (TPSA) is 82.1 Å². The van der Waals surface area contributed by atoms with Gasteiger partial charge < -0.3 is 0 Å². The summed E-state index contributed by atoms with van der Waals surface area (Å²) in [6, 6.07) is 0. The molecule has 0 aromatic carbocycles. The van der Waals surface area contributed by atoms with Crippen LogP contribution in [0.25, 0.3) is 0 Å². The van der Waals surface area contributed by atoms with Crippen molar-refractivity contribution in [1.82, 2.24) is 14.6 Å². The van der Waals surface area contributed by atoms with Gasteiger partial charge in [-0.05, 0) is 6.42 Å². The number of nitrogens with one attached hydrogen (secondary N) is 1. The van der Waals surface area contributed by atoms with Crippen LogP contribution in [0, 0.1) is 0 Å². The Kier molecular flexibility index (Phi) is 4.11. The third-order valence-electron chi connectivity index (χ3n) is 2.12. The van der Waals surface area contributed by atoms with Crippen molar-refractivity contribution >= 4 is 5.91 Å². The number of aromatic nitrogens is 2. The summed E-state index contributed by atoms with van der Waals surface area (Å²) in [5, 5.41) is 0. The zero-order chi connectivity index (χ0) is 11.3. The van der Waals surface area contributed by atoms with Crippen LogP contribution in [0.2, 0.25) is 0 Å². The number of carbonyl (C=O) groups is 1. The largest absolute Gasteiger partial charge is 0.328 e. The van der Waals surface area contributed by atoms with Crippen molar-refractivity contribution < 1.29 is 4.79 Å². The van der Waals surface area contributed by atoms with Crippen molar-refractivity contribution in [2.75, 3.05) is 0 Å². The molecule has 0 aliphatic heterocycles. The lowest BCUT2D eigenvalue weighted by atomic mass is 10.4. The van der Waals surface area contributed by atoms with Gasteiger partial charge >= 0.3 is 5.69 Å². The Morgan fingerprint density at radius 2 is 2.00 bits per heavy atom. The number of nitrogens with two attached hydrogens (primary N) is 1. The van der Waals surface area contributed by atoms with E-state index in [1.54, 1.807) is 17.0 Å². The van der Waals surface area contributed by atoms with Gasteiger partial charge in [-0.2, -0.15) is 0 Å². The first-order valence-electron chi connectivity index (χ1n) is 4.94. The van der Waals surface area contributed by atoms with Crippen molar-refractivity contribution in [3.63, 3.8) is 0 Å². The van der Waals surface area contributed by atoms with E-state index in [1.165, 1.54) is 4.57 Å². The second kappa shape index (κ2) is 5.35. The molecule has 1 heterocycles. The molecule has 0 bridgehead atoms. The lowest BCUT2D eigenvalue weighted by Crippen LogP contribution is -2.32. The van der Waals surface area contributed by atoms with Crippen LogP contribution in [0.3, 0.4) is 0 Å². The Morgan fingerprint density at radius 3 is 2.53 bits per heavy atom. The first kappa shape index (κ1) is 11.5. The van der Waals surface area contributed by atoms with Crippen LogP contribution in [0.5, 0.6) is 0 Å². The van der Waals surface area contributed by atoms with E-state index in [2.05, 4.69) is 0 Å². The van der Waals surface area contributed by atoms with Gasteiger partial charge in [-0.1, -0.05) is 6.92 Å². The molecule has 0 saturated carbocycles. The van der Waals surface area contributed by atoms with Gasteiger partial charge in [0, 0.05) is 31.9 Å². The number of hydrogen-bond donors (Lipinski definition) is 2. The third-order valence-corrected chi connectivity index (χ3v) is 2.12. The molecule has 1 amide bonds. The van der Waals surface area contributed by atoms with Crippen LogP contribution in [-0.4, -0.2) is 15.0 Å². The van der Waals surface area contributed by atoms with Gasteiger partial charge in [0.25, 0.3) is 0 Å². The van der Waals surface area contributed by atoms with Crippen LogP contribution in [0.4, 0.5) is 0 Å². The number of aryl methyl sites for hydroxylation is 2. The van der Waals surface area contributed by atoms with Crippen molar-refractivity contribution in [3.8, 4) is 0 Å². The molecule has 0 radical (unpaired) electrons. The van der Waals surface area contributed by atoms with E-state index >= 15 is 0 Å². The highest BCUT2D eigenvalue weighted by molar-refractivity contribution is 5.74. The van der Waals surface area contributed by atoms with Crippen LogP contribution in [-0.2, 0) is 17.9 Å². The van der Waals surface area contributed by atoms with Crippen molar-refractivity contribution in [2.24, 2.45) is 5.84 Å². The Bertz CT molecular complexity index is 380. The first-order valence-corrected chi connectivity index (χ1v) is 4.94. The number of amides is 1. The maximum atomic E-state index is 11.6. The smallest absolute Gasteiger partial charge is 0.299 e. The molecule has 1 aromatic rings. The molecule has 6 heteroatoms. The zero-order valence-corrected chi connectivity index (χ0v) is 8.77. The fourth-order valence-electron chi connectivity index (χ4n) is 1.33. The highest BCUT2D eigenvalue weighted by atomic mass is 16.2. The number of imidazole rings is 1. The minimum atomic E-state index is -0.273. The minimum absolute atomic E-state index is 0.0818. The van der Waals surface area contributed by atoms with Crippen LogP contribution < -0.4 is 17.0 Å². The van der Waals surface area contributed by atoms with Gasteiger partial charge in [-0.3, -0.25) is 19.4 Å². The van der Waals surface area contributed by atoms with Gasteiger partial charge in [0.15, 0.2) is 0 Å². The molecule has 6 nitrogen and oxygen atoms in total. The van der Waals surface area contributed by atoms with Gasteiger partial charge in [0.2, 0.25) is 5.91 Å². The maximum Gasteiger partial charge on any atom is 0.328 e. The highest BCUT2D eigenvalue weighted by Gasteiger charge is 2.04. The standard InChI is InChI=1S/C9H16N4O2/c1-2-4-12-6-7-13(9(12)15)5-3-8(14)11-10/h6-7H,2-5,10H2,1H3,(H,11,14). The van der Waals surface area contributed by atoms with Gasteiger partial charge in [-0.15, -0.1) is 0 Å². The van der Waals surface area contributed by atoms with Crippen molar-refractivity contribution in [2.45, 2.75) is 32.9 Å². The molecule has 3 N–H and O–H groups in total. The first-order chi connectivity index (χ1) is 7.19. The van der Waals surface area contributed by atoms with E-state index < -0.39 is 0 Å². The van der Waals surface area contributed by atoms with E-state index in [0.717, 1.165) is 6.42 Å². The van der Waals surface area contributed by atoms with Gasteiger partial charge in [0.1, 0.15) is 0 Å². The monoisotopic (exact) mass is 212 g/mol. The molecule has 84 valence electrons. The third kappa shape index (κ3) is 2.95. The number of hydrogen-bond acceptors (Lipinski definition) is 3. The SMILES string of the molecule is CCCn1ccn(CCC(=O)NN)c1=O. The number of nitrogens with zero attached hydrogens (tertiary/aromatic N) is 2. The molecule has 0 fully saturated rings. The molecule has 0 aliphatic rings. The van der Waals surface area contributed by atoms with Crippen LogP contribution >= 0.6 is 0 Å². The lowest BCUT2D eigenvalue weighted by Gasteiger charge is -2.00. The molecular weight excluding hydrogens is 196 g/mol. The summed E-state index contributed by atoms with van der Waals surface area (Å²) in [4.78, 5) is 22.5. The highest BCUT2D eigenvalue weighted by Crippen LogP contribution is 1.90. The molecule has 0 spiro atoms. The fraction of sp³-hybridized carbons (Fsp3) is 0.556. The van der Waals surface area contributed by atoms with Gasteiger partial charge in [0.05, 0.1) is 0 Å². The number of rotatable bonds is 5. The summed E-state index contributed by atoms with van der Waals surface area (Å²) >= 11 is 0. The molecule has 0 atom stereocenters. The van der Waals surface area contributed by atoms with Crippen LogP contribution in [0.15, 0.2) is 17.2 Å². The summed E-state index contributed by atoms with van der Waals surface area (Å²) < 4.78 is 3.13. The molecule has 0 unspecified atom stereocenters. The molecular formula is C9H16N4O2. The molecule has 1 aromatic heterocycles. The Hall–Kier alpha value is -1.56. The quantitative estimate of drug-likeness (QED) is 0.390. The lowest BCUT2D eigenvalue weighted by molar-refractivity contribution is -0.121. The molecule has 0 saturated heterocycles. The van der Waals surface area contributed by atoms with E-state index in [0.29, 0.717) is 13.1 Å². The van der Waals surface area contributed by atoms with E-state index in [9.17, 15) is 9.59 Å². The second-order valence-corrected chi connectivity index (χ2v) is 3.29. The predicted octanol–water partition coefficient (Wildman–Crippen LogP) is -0.560. The van der Waals surface area contributed by atoms with E-state index in [4.69, 9.17) is 5.84 Å². The molecule has 1 rings (SSSR count). The van der Waals surface area contributed by atoms with Crippen molar-refractivity contribution in [1.29, 1.82) is 0 Å². The van der Waals surface area contributed by atoms with Crippen LogP contribution in [0.1, 0.15) is 19.8 Å². The fourth-order valence-corrected chi connectivity index (χ4v) is 1.33. The summed E-state index contributed by atoms with van der Waals surface area (Å²) in [7, 11) is 0. The Morgan fingerprint density at radius 1 is 1.40 bits per heavy atom. The average Bonchev–Trinajstić information content (AvgIpc) is 2.58. The Labute approximate surface area is 87.7 Å².